The molecule has 3 aromatic rings. The number of carbonyl (C=O) groups excluding carboxylic acids is 1. The molecule has 0 atom stereocenters. The molecule has 0 aliphatic heterocycles. The summed E-state index contributed by atoms with van der Waals surface area (Å²) < 4.78 is 1.04. The third kappa shape index (κ3) is 4.18. The van der Waals surface area contributed by atoms with Gasteiger partial charge in [-0.05, 0) is 49.2 Å². The molecule has 0 saturated heterocycles. The first kappa shape index (κ1) is 19.9. The minimum absolute atomic E-state index is 0.0354. The molecule has 28 heavy (non-hydrogen) atoms. The summed E-state index contributed by atoms with van der Waals surface area (Å²) in [5.41, 5.74) is 3.60. The van der Waals surface area contributed by atoms with Crippen LogP contribution in [-0.4, -0.2) is 43.0 Å². The van der Waals surface area contributed by atoms with Crippen molar-refractivity contribution in [3.63, 3.8) is 0 Å². The van der Waals surface area contributed by atoms with E-state index in [1.165, 1.54) is 46.1 Å². The molecule has 0 aliphatic carbocycles. The van der Waals surface area contributed by atoms with Crippen LogP contribution in [-0.2, 0) is 0 Å². The number of hydrogen-bond acceptors (Lipinski definition) is 5. The van der Waals surface area contributed by atoms with E-state index >= 15 is 0 Å². The Bertz CT molecular complexity index is 989. The van der Waals surface area contributed by atoms with Gasteiger partial charge in [0.25, 0.3) is 11.6 Å². The number of nitrogens with zero attached hydrogens (tertiary/aromatic N) is 3. The van der Waals surface area contributed by atoms with E-state index in [0.717, 1.165) is 22.3 Å². The summed E-state index contributed by atoms with van der Waals surface area (Å²) in [5, 5.41) is 11.5. The number of benzene rings is 2. The quantitative estimate of drug-likeness (QED) is 0.510. The molecule has 0 fully saturated rings. The molecule has 0 unspecified atom stereocenters. The van der Waals surface area contributed by atoms with E-state index in [1.54, 1.807) is 4.90 Å². The number of quaternary nitrogens is 1. The molecule has 0 aliphatic rings. The van der Waals surface area contributed by atoms with Crippen LogP contribution in [0.2, 0.25) is 0 Å². The van der Waals surface area contributed by atoms with Gasteiger partial charge in [0.2, 0.25) is 0 Å². The van der Waals surface area contributed by atoms with Crippen LogP contribution in [0.5, 0.6) is 0 Å². The average molecular weight is 399 g/mol. The molecule has 1 aromatic heterocycles. The van der Waals surface area contributed by atoms with Gasteiger partial charge in [-0.25, -0.2) is 4.98 Å². The van der Waals surface area contributed by atoms with E-state index in [0.29, 0.717) is 17.2 Å². The van der Waals surface area contributed by atoms with Gasteiger partial charge >= 0.3 is 0 Å². The second kappa shape index (κ2) is 8.04. The summed E-state index contributed by atoms with van der Waals surface area (Å²) in [4.78, 5) is 31.1. The van der Waals surface area contributed by atoms with Crippen molar-refractivity contribution in [1.29, 1.82) is 0 Å². The molecule has 2 aromatic carbocycles. The maximum Gasteiger partial charge on any atom is 0.269 e. The molecular weight excluding hydrogens is 376 g/mol. The third-order valence-electron chi connectivity index (χ3n) is 4.63. The fourth-order valence-corrected chi connectivity index (χ4v) is 3.85. The molecular formula is C20H23N4O3S+. The highest BCUT2D eigenvalue weighted by Gasteiger charge is 2.23. The lowest BCUT2D eigenvalue weighted by molar-refractivity contribution is -0.856. The first-order valence-corrected chi connectivity index (χ1v) is 9.81. The van der Waals surface area contributed by atoms with Crippen molar-refractivity contribution in [2.24, 2.45) is 0 Å². The number of thiazole rings is 1. The van der Waals surface area contributed by atoms with Crippen LogP contribution in [0.15, 0.2) is 36.4 Å². The number of nitro groups is 1. The van der Waals surface area contributed by atoms with Crippen molar-refractivity contribution in [1.82, 2.24) is 4.98 Å². The van der Waals surface area contributed by atoms with Gasteiger partial charge in [-0.1, -0.05) is 11.3 Å². The average Bonchev–Trinajstić information content (AvgIpc) is 3.04. The maximum absolute atomic E-state index is 13.2. The molecule has 1 heterocycles. The SMILES string of the molecule is Cc1cc2nc(N(CC[NH+](C)C)C(=O)c3ccc([N+](=O)[O-])cc3)sc2cc1C. The lowest BCUT2D eigenvalue weighted by Gasteiger charge is -2.20. The summed E-state index contributed by atoms with van der Waals surface area (Å²) in [5.74, 6) is -0.205. The Morgan fingerprint density at radius 3 is 2.43 bits per heavy atom. The predicted molar refractivity (Wildman–Crippen MR) is 112 cm³/mol. The smallest absolute Gasteiger partial charge is 0.269 e. The first-order chi connectivity index (χ1) is 13.3. The van der Waals surface area contributed by atoms with Crippen LogP contribution in [0.4, 0.5) is 10.8 Å². The third-order valence-corrected chi connectivity index (χ3v) is 5.67. The summed E-state index contributed by atoms with van der Waals surface area (Å²) in [6, 6.07) is 9.84. The fourth-order valence-electron chi connectivity index (χ4n) is 2.78. The molecule has 3 rings (SSSR count). The van der Waals surface area contributed by atoms with Gasteiger partial charge in [0, 0.05) is 17.7 Å². The van der Waals surface area contributed by atoms with Crippen LogP contribution in [0.25, 0.3) is 10.2 Å². The topological polar surface area (TPSA) is 80.8 Å². The second-order valence-electron chi connectivity index (χ2n) is 7.12. The molecule has 0 bridgehead atoms. The summed E-state index contributed by atoms with van der Waals surface area (Å²) in [6.45, 7) is 5.37. The molecule has 1 N–H and O–H groups in total. The van der Waals surface area contributed by atoms with Gasteiger partial charge in [0.05, 0.1) is 42.3 Å². The lowest BCUT2D eigenvalue weighted by Crippen LogP contribution is -3.06. The minimum Gasteiger partial charge on any atom is -0.338 e. The van der Waals surface area contributed by atoms with E-state index in [2.05, 4.69) is 13.0 Å². The van der Waals surface area contributed by atoms with E-state index < -0.39 is 4.92 Å². The number of likely N-dealkylation sites (N-methyl/N-ethyl adjacent to an activating group) is 1. The van der Waals surface area contributed by atoms with Crippen molar-refractivity contribution in [3.8, 4) is 0 Å². The highest BCUT2D eigenvalue weighted by molar-refractivity contribution is 7.22. The maximum atomic E-state index is 13.2. The number of hydrogen-bond donors (Lipinski definition) is 1. The number of carbonyl (C=O) groups is 1. The Morgan fingerprint density at radius 1 is 1.18 bits per heavy atom. The zero-order chi connectivity index (χ0) is 20.4. The van der Waals surface area contributed by atoms with E-state index in [-0.39, 0.29) is 11.6 Å². The number of aryl methyl sites for hydroxylation is 2. The molecule has 7 nitrogen and oxygen atoms in total. The zero-order valence-corrected chi connectivity index (χ0v) is 17.2. The lowest BCUT2D eigenvalue weighted by atomic mass is 10.1. The van der Waals surface area contributed by atoms with Gasteiger partial charge in [-0.15, -0.1) is 0 Å². The molecule has 1 amide bonds. The summed E-state index contributed by atoms with van der Waals surface area (Å²) in [7, 11) is 4.05. The number of non-ortho nitro benzene ring substituents is 1. The van der Waals surface area contributed by atoms with Gasteiger partial charge in [0.1, 0.15) is 0 Å². The van der Waals surface area contributed by atoms with Crippen LogP contribution in [0, 0.1) is 24.0 Å². The van der Waals surface area contributed by atoms with Crippen LogP contribution in [0.1, 0.15) is 21.5 Å². The fraction of sp³-hybridized carbons (Fsp3) is 0.300. The van der Waals surface area contributed by atoms with Crippen molar-refractivity contribution >= 4 is 38.3 Å². The highest BCUT2D eigenvalue weighted by Crippen LogP contribution is 2.31. The van der Waals surface area contributed by atoms with Crippen LogP contribution < -0.4 is 9.80 Å². The van der Waals surface area contributed by atoms with Crippen molar-refractivity contribution < 1.29 is 14.6 Å². The first-order valence-electron chi connectivity index (χ1n) is 8.99. The number of nitro benzene ring substituents is 1. The number of anilines is 1. The van der Waals surface area contributed by atoms with Crippen LogP contribution in [0.3, 0.4) is 0 Å². The monoisotopic (exact) mass is 399 g/mol. The standard InChI is InChI=1S/C20H22N4O3S/c1-13-11-17-18(12-14(13)2)28-20(21-17)23(10-9-22(3)4)19(25)15-5-7-16(8-6-15)24(26)27/h5-8,11-12H,9-10H2,1-4H3/p+1. The molecule has 0 radical (unpaired) electrons. The number of aromatic nitrogens is 1. The van der Waals surface area contributed by atoms with E-state index in [1.807, 2.05) is 27.1 Å². The van der Waals surface area contributed by atoms with Crippen molar-refractivity contribution in [2.45, 2.75) is 13.8 Å². The minimum atomic E-state index is -0.473. The van der Waals surface area contributed by atoms with Crippen molar-refractivity contribution in [3.05, 3.63) is 63.2 Å². The summed E-state index contributed by atoms with van der Waals surface area (Å²) in [6.07, 6.45) is 0. The Labute approximate surface area is 167 Å². The number of rotatable bonds is 6. The van der Waals surface area contributed by atoms with Gasteiger partial charge in [-0.2, -0.15) is 0 Å². The molecule has 0 spiro atoms. The Morgan fingerprint density at radius 2 is 1.82 bits per heavy atom. The molecule has 8 heteroatoms. The van der Waals surface area contributed by atoms with Gasteiger partial charge in [0.15, 0.2) is 5.13 Å². The molecule has 0 saturated carbocycles. The Kier molecular flexibility index (Phi) is 5.71. The number of fused-ring (bicyclic) bond motifs is 1. The van der Waals surface area contributed by atoms with Crippen molar-refractivity contribution in [2.75, 3.05) is 32.1 Å². The van der Waals surface area contributed by atoms with Gasteiger partial charge in [-0.3, -0.25) is 19.8 Å². The Balaban J connectivity index is 1.98. The second-order valence-corrected chi connectivity index (χ2v) is 8.13. The normalized spacial score (nSPS) is 11.2. The molecule has 146 valence electrons. The van der Waals surface area contributed by atoms with Crippen LogP contribution >= 0.6 is 11.3 Å². The van der Waals surface area contributed by atoms with Gasteiger partial charge < -0.3 is 4.90 Å². The Hall–Kier alpha value is -2.84. The highest BCUT2D eigenvalue weighted by atomic mass is 32.1. The summed E-state index contributed by atoms with van der Waals surface area (Å²) >= 11 is 1.49. The van der Waals surface area contributed by atoms with E-state index in [4.69, 9.17) is 4.98 Å². The number of amides is 1. The number of nitrogens with one attached hydrogen (secondary N) is 1. The zero-order valence-electron chi connectivity index (χ0n) is 16.4. The predicted octanol–water partition coefficient (Wildman–Crippen LogP) is 2.61. The van der Waals surface area contributed by atoms with E-state index in [9.17, 15) is 14.9 Å². The largest absolute Gasteiger partial charge is 0.338 e.